The maximum absolute atomic E-state index is 12.7. The highest BCUT2D eigenvalue weighted by Gasteiger charge is 2.24. The smallest absolute Gasteiger partial charge is 0.166 e. The Bertz CT molecular complexity index is 1490. The molecule has 4 aromatic rings. The van der Waals surface area contributed by atoms with Crippen LogP contribution >= 0.6 is 0 Å². The summed E-state index contributed by atoms with van der Waals surface area (Å²) >= 11 is 0. The summed E-state index contributed by atoms with van der Waals surface area (Å²) in [6, 6.07) is 21.4. The van der Waals surface area contributed by atoms with Gasteiger partial charge < -0.3 is 0 Å². The van der Waals surface area contributed by atoms with Crippen LogP contribution in [0.3, 0.4) is 0 Å². The lowest BCUT2D eigenvalue weighted by Crippen LogP contribution is -2.13. The molecule has 0 aromatic heterocycles. The number of ketones is 4. The van der Waals surface area contributed by atoms with Crippen LogP contribution in [0.25, 0.3) is 10.8 Å². The minimum Gasteiger partial charge on any atom is -0.294 e. The van der Waals surface area contributed by atoms with Crippen molar-refractivity contribution in [2.75, 3.05) is 0 Å². The van der Waals surface area contributed by atoms with E-state index >= 15 is 0 Å². The van der Waals surface area contributed by atoms with Crippen LogP contribution in [-0.2, 0) is 0 Å². The molecule has 5 heteroatoms. The van der Waals surface area contributed by atoms with Crippen molar-refractivity contribution in [3.63, 3.8) is 0 Å². The quantitative estimate of drug-likeness (QED) is 0.223. The highest BCUT2D eigenvalue weighted by Crippen LogP contribution is 2.32. The summed E-state index contributed by atoms with van der Waals surface area (Å²) in [5.74, 6) is -1.07. The second kappa shape index (κ2) is 14.9. The van der Waals surface area contributed by atoms with Crippen LogP contribution < -0.4 is 0 Å². The summed E-state index contributed by atoms with van der Waals surface area (Å²) in [7, 11) is 0. The minimum absolute atomic E-state index is 0.122. The predicted octanol–water partition coefficient (Wildman–Crippen LogP) is 9.11. The van der Waals surface area contributed by atoms with Gasteiger partial charge in [-0.2, -0.15) is 0 Å². The van der Waals surface area contributed by atoms with Crippen LogP contribution in [0.2, 0.25) is 0 Å². The molecule has 4 rings (SSSR count). The molecular formula is C36H39FO4. The molecule has 4 nitrogen and oxygen atoms in total. The Morgan fingerprint density at radius 3 is 1.34 bits per heavy atom. The number of Topliss-reactive ketones (excluding diaryl/α,β-unsaturated/α-hetero) is 4. The number of hydrogen-bond donors (Lipinski definition) is 0. The normalized spacial score (nSPS) is 10.3. The third-order valence-electron chi connectivity index (χ3n) is 6.83. The number of carbonyl (C=O) groups excluding carboxylic acids is 4. The summed E-state index contributed by atoms with van der Waals surface area (Å²) in [6.45, 7) is 14.1. The van der Waals surface area contributed by atoms with Gasteiger partial charge in [0.05, 0.1) is 0 Å². The van der Waals surface area contributed by atoms with Crippen LogP contribution in [0, 0.1) is 32.5 Å². The summed E-state index contributed by atoms with van der Waals surface area (Å²) < 4.78 is 12.3. The first kappa shape index (κ1) is 33.0. The molecule has 214 valence electrons. The minimum atomic E-state index is -0.267. The monoisotopic (exact) mass is 554 g/mol. The van der Waals surface area contributed by atoms with Crippen molar-refractivity contribution in [3.05, 3.63) is 118 Å². The molecule has 41 heavy (non-hydrogen) atoms. The molecule has 0 heterocycles. The van der Waals surface area contributed by atoms with Gasteiger partial charge in [-0.3, -0.25) is 19.2 Å². The van der Waals surface area contributed by atoms with E-state index in [1.165, 1.54) is 31.0 Å². The Morgan fingerprint density at radius 2 is 1.00 bits per heavy atom. The van der Waals surface area contributed by atoms with E-state index in [1.807, 2.05) is 6.07 Å². The largest absolute Gasteiger partial charge is 0.294 e. The van der Waals surface area contributed by atoms with E-state index in [4.69, 9.17) is 0 Å². The van der Waals surface area contributed by atoms with Crippen LogP contribution in [-0.4, -0.2) is 23.1 Å². The molecule has 0 saturated carbocycles. The summed E-state index contributed by atoms with van der Waals surface area (Å²) in [5.41, 5.74) is 4.91. The molecule has 0 aliphatic heterocycles. The number of benzene rings is 4. The van der Waals surface area contributed by atoms with Crippen molar-refractivity contribution in [2.45, 2.75) is 61.8 Å². The van der Waals surface area contributed by atoms with Crippen molar-refractivity contribution in [1.29, 1.82) is 0 Å². The molecule has 0 amide bonds. The zero-order valence-corrected chi connectivity index (χ0v) is 25.2. The van der Waals surface area contributed by atoms with E-state index in [9.17, 15) is 23.6 Å². The molecule has 0 atom stereocenters. The van der Waals surface area contributed by atoms with E-state index in [0.29, 0.717) is 38.6 Å². The molecule has 0 radical (unpaired) electrons. The van der Waals surface area contributed by atoms with Crippen molar-refractivity contribution >= 4 is 33.9 Å². The predicted molar refractivity (Wildman–Crippen MR) is 165 cm³/mol. The number of aryl methyl sites for hydroxylation is 3. The van der Waals surface area contributed by atoms with Gasteiger partial charge in [-0.1, -0.05) is 87.5 Å². The van der Waals surface area contributed by atoms with Gasteiger partial charge in [-0.05, 0) is 57.4 Å². The van der Waals surface area contributed by atoms with Gasteiger partial charge >= 0.3 is 0 Å². The summed E-state index contributed by atoms with van der Waals surface area (Å²) in [6.07, 6.45) is 0.272. The molecule has 0 unspecified atom stereocenters. The number of carbonyl (C=O) groups is 4. The van der Waals surface area contributed by atoms with Crippen LogP contribution in [0.4, 0.5) is 4.39 Å². The third kappa shape index (κ3) is 8.37. The highest BCUT2D eigenvalue weighted by atomic mass is 19.1. The number of halogens is 1. The SMILES string of the molecule is CCC(=O)c1ccc(C(=O)C(C)C)c2c(C(C)=O)ccc(C(C)=O)c12.Cc1ccccc1C.Cc1ccccc1F. The van der Waals surface area contributed by atoms with Crippen molar-refractivity contribution in [2.24, 2.45) is 5.92 Å². The topological polar surface area (TPSA) is 68.3 Å². The molecule has 0 saturated heterocycles. The fraction of sp³-hybridized carbons (Fsp3) is 0.278. The molecule has 0 aliphatic rings. The second-order valence-corrected chi connectivity index (χ2v) is 10.3. The fourth-order valence-electron chi connectivity index (χ4n) is 4.24. The van der Waals surface area contributed by atoms with Gasteiger partial charge in [-0.15, -0.1) is 0 Å². The second-order valence-electron chi connectivity index (χ2n) is 10.3. The van der Waals surface area contributed by atoms with Gasteiger partial charge in [0.25, 0.3) is 0 Å². The Morgan fingerprint density at radius 1 is 0.610 bits per heavy atom. The molecule has 0 bridgehead atoms. The Labute approximate surface area is 242 Å². The van der Waals surface area contributed by atoms with Gasteiger partial charge in [0.1, 0.15) is 5.82 Å². The van der Waals surface area contributed by atoms with Gasteiger partial charge in [-0.25, -0.2) is 4.39 Å². The molecule has 0 aliphatic carbocycles. The highest BCUT2D eigenvalue weighted by molar-refractivity contribution is 6.25. The lowest BCUT2D eigenvalue weighted by atomic mass is 9.85. The van der Waals surface area contributed by atoms with Crippen LogP contribution in [0.15, 0.2) is 72.8 Å². The summed E-state index contributed by atoms with van der Waals surface area (Å²) in [5, 5.41) is 0.830. The maximum atomic E-state index is 12.7. The van der Waals surface area contributed by atoms with E-state index in [1.54, 1.807) is 64.1 Å². The van der Waals surface area contributed by atoms with Crippen LogP contribution in [0.1, 0.15) is 99.2 Å². The van der Waals surface area contributed by atoms with Gasteiger partial charge in [0, 0.05) is 45.4 Å². The molecule has 4 aromatic carbocycles. The zero-order chi connectivity index (χ0) is 30.9. The van der Waals surface area contributed by atoms with E-state index < -0.39 is 0 Å². The van der Waals surface area contributed by atoms with E-state index in [-0.39, 0.29) is 41.3 Å². The Kier molecular flexibility index (Phi) is 12.0. The number of rotatable bonds is 6. The van der Waals surface area contributed by atoms with Gasteiger partial charge in [0.2, 0.25) is 0 Å². The lowest BCUT2D eigenvalue weighted by Gasteiger charge is -2.16. The Balaban J connectivity index is 0.000000295. The van der Waals surface area contributed by atoms with Crippen LogP contribution in [0.5, 0.6) is 0 Å². The standard InChI is InChI=1S/C21H22O4.C8H10.C7H7F/c1-6-18(24)16-9-10-17(21(25)11(2)3)20-15(13(5)23)8-7-14(12(4)22)19(16)20;1-7-5-3-4-6-8(7)2;1-6-4-2-3-5-7(6)8/h7-11H,6H2,1-5H3;3-6H,1-2H3;2-5H,1H3. The number of hydrogen-bond acceptors (Lipinski definition) is 4. The average molecular weight is 555 g/mol. The molecule has 0 N–H and O–H groups in total. The average Bonchev–Trinajstić information content (AvgIpc) is 2.94. The first-order chi connectivity index (χ1) is 19.3. The van der Waals surface area contributed by atoms with Crippen molar-refractivity contribution in [1.82, 2.24) is 0 Å². The Hall–Kier alpha value is -4.25. The fourth-order valence-corrected chi connectivity index (χ4v) is 4.24. The summed E-state index contributed by atoms with van der Waals surface area (Å²) in [4.78, 5) is 49.4. The molecule has 0 fully saturated rings. The van der Waals surface area contributed by atoms with E-state index in [2.05, 4.69) is 38.1 Å². The molecule has 0 spiro atoms. The van der Waals surface area contributed by atoms with Gasteiger partial charge in [0.15, 0.2) is 23.1 Å². The van der Waals surface area contributed by atoms with E-state index in [0.717, 1.165) is 0 Å². The zero-order valence-electron chi connectivity index (χ0n) is 25.2. The molecular weight excluding hydrogens is 515 g/mol. The van der Waals surface area contributed by atoms with Crippen molar-refractivity contribution < 1.29 is 23.6 Å². The third-order valence-corrected chi connectivity index (χ3v) is 6.83. The van der Waals surface area contributed by atoms with Crippen molar-refractivity contribution in [3.8, 4) is 0 Å². The first-order valence-corrected chi connectivity index (χ1v) is 13.7. The number of fused-ring (bicyclic) bond motifs is 1. The lowest BCUT2D eigenvalue weighted by molar-refractivity contribution is 0.0938. The first-order valence-electron chi connectivity index (χ1n) is 13.7. The maximum Gasteiger partial charge on any atom is 0.166 e.